The van der Waals surface area contributed by atoms with Gasteiger partial charge < -0.3 is 20.9 Å². The van der Waals surface area contributed by atoms with Crippen molar-refractivity contribution < 1.29 is 23.1 Å². The molecule has 1 atom stereocenters. The summed E-state index contributed by atoms with van der Waals surface area (Å²) in [5, 5.41) is 13.3. The van der Waals surface area contributed by atoms with E-state index < -0.39 is 22.2 Å². The number of aliphatic hydroxyl groups is 1. The number of ether oxygens (including phenoxy) is 1. The molecule has 0 spiro atoms. The number of anilines is 1. The van der Waals surface area contributed by atoms with Gasteiger partial charge in [-0.25, -0.2) is 18.2 Å². The van der Waals surface area contributed by atoms with Crippen molar-refractivity contribution in [2.24, 2.45) is 5.92 Å². The van der Waals surface area contributed by atoms with E-state index in [0.717, 1.165) is 5.56 Å². The summed E-state index contributed by atoms with van der Waals surface area (Å²) in [6.45, 7) is 3.76. The number of rotatable bonds is 10. The van der Waals surface area contributed by atoms with Gasteiger partial charge in [0.05, 0.1) is 21.2 Å². The highest BCUT2D eigenvalue weighted by Crippen LogP contribution is 2.28. The lowest BCUT2D eigenvalue weighted by atomic mass is 10.2. The van der Waals surface area contributed by atoms with Crippen LogP contribution in [-0.4, -0.2) is 54.6 Å². The lowest BCUT2D eigenvalue weighted by molar-refractivity contribution is 0.116. The predicted octanol–water partition coefficient (Wildman–Crippen LogP) is 2.81. The van der Waals surface area contributed by atoms with E-state index in [1.807, 2.05) is 44.2 Å². The summed E-state index contributed by atoms with van der Waals surface area (Å²) in [5.74, 6) is 0.0264. The number of nitrogen functional groups attached to an aromatic ring is 1. The van der Waals surface area contributed by atoms with Gasteiger partial charge in [0.1, 0.15) is 6.61 Å². The third-order valence-corrected chi connectivity index (χ3v) is 7.37. The second-order valence-corrected chi connectivity index (χ2v) is 11.0. The maximum Gasteiger partial charge on any atom is 0.407 e. The third kappa shape index (κ3) is 6.87. The van der Waals surface area contributed by atoms with Crippen molar-refractivity contribution in [1.82, 2.24) is 14.6 Å². The van der Waals surface area contributed by atoms with E-state index in [0.29, 0.717) is 15.3 Å². The highest BCUT2D eigenvalue weighted by Gasteiger charge is 2.28. The Balaban J connectivity index is 1.63. The second-order valence-electron chi connectivity index (χ2n) is 7.99. The minimum Gasteiger partial charge on any atom is -0.445 e. The number of benzene rings is 2. The average molecular weight is 493 g/mol. The van der Waals surface area contributed by atoms with E-state index in [2.05, 4.69) is 10.3 Å². The molecule has 1 heterocycles. The fourth-order valence-corrected chi connectivity index (χ4v) is 5.70. The van der Waals surface area contributed by atoms with Gasteiger partial charge in [-0.1, -0.05) is 55.5 Å². The molecule has 1 aromatic heterocycles. The second kappa shape index (κ2) is 10.9. The molecule has 2 aromatic carbocycles. The number of nitrogens with one attached hydrogen (secondary N) is 1. The largest absolute Gasteiger partial charge is 0.445 e. The number of carbonyl (C=O) groups excluding carboxylic acids is 1. The lowest BCUT2D eigenvalue weighted by Gasteiger charge is -2.26. The molecule has 0 bridgehead atoms. The van der Waals surface area contributed by atoms with Crippen molar-refractivity contribution >= 4 is 42.8 Å². The maximum atomic E-state index is 13.3. The van der Waals surface area contributed by atoms with Crippen molar-refractivity contribution in [3.05, 3.63) is 54.1 Å². The molecular formula is C22H28N4O5S2. The molecule has 3 aromatic rings. The molecule has 0 saturated carbocycles. The molecule has 0 radical (unpaired) electrons. The molecule has 11 heteroatoms. The molecule has 178 valence electrons. The summed E-state index contributed by atoms with van der Waals surface area (Å²) in [7, 11) is -3.89. The molecule has 0 fully saturated rings. The number of nitrogens with zero attached hydrogens (tertiary/aromatic N) is 2. The topological polar surface area (TPSA) is 135 Å². The summed E-state index contributed by atoms with van der Waals surface area (Å²) in [4.78, 5) is 16.2. The van der Waals surface area contributed by atoms with E-state index in [9.17, 15) is 18.3 Å². The van der Waals surface area contributed by atoms with E-state index in [1.54, 1.807) is 6.07 Å². The van der Waals surface area contributed by atoms with Crippen LogP contribution in [0.4, 0.5) is 9.93 Å². The Labute approximate surface area is 197 Å². The molecule has 0 aliphatic carbocycles. The zero-order chi connectivity index (χ0) is 24.0. The molecule has 1 amide bonds. The van der Waals surface area contributed by atoms with Crippen LogP contribution in [0.3, 0.4) is 0 Å². The standard InChI is InChI=1S/C22H28N4O5S2/c1-15(2)12-26(33(29,30)18-8-9-19-20(10-18)32-21(23)25-19)13-17(27)11-24-22(28)31-14-16-6-4-3-5-7-16/h3-10,15,17,27H,11-14H2,1-2H3,(H2,23,25)(H,24,28)/t17-/m0/s1. The van der Waals surface area contributed by atoms with E-state index in [4.69, 9.17) is 10.5 Å². The van der Waals surface area contributed by atoms with Gasteiger partial charge >= 0.3 is 6.09 Å². The van der Waals surface area contributed by atoms with Crippen molar-refractivity contribution in [3.63, 3.8) is 0 Å². The fraction of sp³-hybridized carbons (Fsp3) is 0.364. The number of amides is 1. The number of aliphatic hydroxyl groups excluding tert-OH is 1. The van der Waals surface area contributed by atoms with Crippen LogP contribution in [0, 0.1) is 5.92 Å². The first-order chi connectivity index (χ1) is 15.6. The molecule has 0 unspecified atom stereocenters. The van der Waals surface area contributed by atoms with Crippen LogP contribution in [0.25, 0.3) is 10.2 Å². The molecule has 33 heavy (non-hydrogen) atoms. The normalized spacial score (nSPS) is 12.9. The van der Waals surface area contributed by atoms with Gasteiger partial charge in [-0.05, 0) is 29.7 Å². The van der Waals surface area contributed by atoms with Gasteiger partial charge in [0.2, 0.25) is 10.0 Å². The molecular weight excluding hydrogens is 464 g/mol. The van der Waals surface area contributed by atoms with Gasteiger partial charge in [-0.3, -0.25) is 0 Å². The Hall–Kier alpha value is -2.73. The molecule has 0 aliphatic rings. The average Bonchev–Trinajstić information content (AvgIpc) is 3.15. The van der Waals surface area contributed by atoms with Crippen LogP contribution in [0.5, 0.6) is 0 Å². The van der Waals surface area contributed by atoms with Crippen molar-refractivity contribution in [2.75, 3.05) is 25.4 Å². The first-order valence-corrected chi connectivity index (χ1v) is 12.7. The van der Waals surface area contributed by atoms with Crippen molar-refractivity contribution in [1.29, 1.82) is 0 Å². The monoisotopic (exact) mass is 492 g/mol. The molecule has 0 aliphatic heterocycles. The summed E-state index contributed by atoms with van der Waals surface area (Å²) in [6.07, 6.45) is -1.81. The summed E-state index contributed by atoms with van der Waals surface area (Å²) >= 11 is 1.21. The lowest BCUT2D eigenvalue weighted by Crippen LogP contribution is -2.44. The minimum atomic E-state index is -3.89. The van der Waals surface area contributed by atoms with Crippen LogP contribution in [0.2, 0.25) is 0 Å². The zero-order valence-electron chi connectivity index (χ0n) is 18.5. The van der Waals surface area contributed by atoms with Crippen molar-refractivity contribution in [3.8, 4) is 0 Å². The minimum absolute atomic E-state index is 0.0264. The van der Waals surface area contributed by atoms with Crippen LogP contribution in [-0.2, 0) is 21.4 Å². The predicted molar refractivity (Wildman–Crippen MR) is 128 cm³/mol. The maximum absolute atomic E-state index is 13.3. The summed E-state index contributed by atoms with van der Waals surface area (Å²) in [6, 6.07) is 13.8. The molecule has 3 rings (SSSR count). The van der Waals surface area contributed by atoms with Gasteiger partial charge in [-0.15, -0.1) is 0 Å². The quantitative estimate of drug-likeness (QED) is 0.396. The number of nitrogens with two attached hydrogens (primary N) is 1. The number of aromatic nitrogens is 1. The van der Waals surface area contributed by atoms with Crippen LogP contribution in [0.1, 0.15) is 19.4 Å². The number of carbonyl (C=O) groups is 1. The van der Waals surface area contributed by atoms with Gasteiger partial charge in [-0.2, -0.15) is 4.31 Å². The van der Waals surface area contributed by atoms with Crippen LogP contribution < -0.4 is 11.1 Å². The third-order valence-electron chi connectivity index (χ3n) is 4.69. The zero-order valence-corrected chi connectivity index (χ0v) is 20.1. The van der Waals surface area contributed by atoms with Crippen molar-refractivity contribution in [2.45, 2.75) is 31.5 Å². The molecule has 4 N–H and O–H groups in total. The Morgan fingerprint density at radius 1 is 1.21 bits per heavy atom. The Kier molecular flexibility index (Phi) is 8.25. The van der Waals surface area contributed by atoms with Gasteiger partial charge in [0.15, 0.2) is 5.13 Å². The van der Waals surface area contributed by atoms with E-state index in [-0.39, 0.29) is 37.1 Å². The molecule has 9 nitrogen and oxygen atoms in total. The number of alkyl carbamates (subject to hydrolysis) is 1. The highest BCUT2D eigenvalue weighted by molar-refractivity contribution is 7.89. The van der Waals surface area contributed by atoms with E-state index >= 15 is 0 Å². The van der Waals surface area contributed by atoms with Crippen LogP contribution >= 0.6 is 11.3 Å². The fourth-order valence-electron chi connectivity index (χ4n) is 3.19. The molecule has 0 saturated heterocycles. The Bertz CT molecular complexity index is 1180. The van der Waals surface area contributed by atoms with Gasteiger partial charge in [0, 0.05) is 19.6 Å². The summed E-state index contributed by atoms with van der Waals surface area (Å²) < 4.78 is 33.6. The summed E-state index contributed by atoms with van der Waals surface area (Å²) in [5.41, 5.74) is 7.19. The highest BCUT2D eigenvalue weighted by atomic mass is 32.2. The smallest absolute Gasteiger partial charge is 0.407 e. The number of fused-ring (bicyclic) bond motifs is 1. The first kappa shape index (κ1) is 24.9. The number of hydrogen-bond acceptors (Lipinski definition) is 8. The Morgan fingerprint density at radius 2 is 1.94 bits per heavy atom. The SMILES string of the molecule is CC(C)CN(C[C@@H](O)CNC(=O)OCc1ccccc1)S(=O)(=O)c1ccc2nc(N)sc2c1. The van der Waals surface area contributed by atoms with E-state index in [1.165, 1.54) is 27.8 Å². The number of hydrogen-bond donors (Lipinski definition) is 3. The first-order valence-electron chi connectivity index (χ1n) is 10.4. The number of thiazole rings is 1. The number of sulfonamides is 1. The van der Waals surface area contributed by atoms with Crippen LogP contribution in [0.15, 0.2) is 53.4 Å². The Morgan fingerprint density at radius 3 is 2.64 bits per heavy atom. The van der Waals surface area contributed by atoms with Gasteiger partial charge in [0.25, 0.3) is 0 Å².